The summed E-state index contributed by atoms with van der Waals surface area (Å²) in [6.07, 6.45) is 6.18. The molecule has 0 amide bonds. The zero-order valence-corrected chi connectivity index (χ0v) is 11.0. The summed E-state index contributed by atoms with van der Waals surface area (Å²) in [6, 6.07) is 2.71. The summed E-state index contributed by atoms with van der Waals surface area (Å²) in [4.78, 5) is 4.19. The normalized spacial score (nSPS) is 13.1. The van der Waals surface area contributed by atoms with Gasteiger partial charge in [-0.2, -0.15) is 0 Å². The molecule has 0 aliphatic rings. The minimum absolute atomic E-state index is 0.615. The lowest BCUT2D eigenvalue weighted by Gasteiger charge is -2.21. The minimum atomic E-state index is 0.615. The maximum Gasteiger partial charge on any atom is 0.0302 e. The zero-order valence-electron chi connectivity index (χ0n) is 11.0. The maximum absolute atomic E-state index is 4.19. The molecule has 2 nitrogen and oxygen atoms in total. The van der Waals surface area contributed by atoms with Crippen molar-refractivity contribution in [2.45, 2.75) is 46.6 Å². The van der Waals surface area contributed by atoms with Crippen LogP contribution in [0.15, 0.2) is 18.5 Å². The highest BCUT2D eigenvalue weighted by Crippen LogP contribution is 2.13. The topological polar surface area (TPSA) is 24.9 Å². The number of hydrogen-bond acceptors (Lipinski definition) is 2. The molecular weight excluding hydrogens is 196 g/mol. The van der Waals surface area contributed by atoms with Gasteiger partial charge in [-0.05, 0) is 49.4 Å². The van der Waals surface area contributed by atoms with Crippen molar-refractivity contribution in [1.29, 1.82) is 0 Å². The fourth-order valence-electron chi connectivity index (χ4n) is 2.00. The van der Waals surface area contributed by atoms with Gasteiger partial charge in [0.2, 0.25) is 0 Å². The third-order valence-corrected chi connectivity index (χ3v) is 3.14. The molecule has 0 fully saturated rings. The Kier molecular flexibility index (Phi) is 5.47. The molecule has 1 atom stereocenters. The maximum atomic E-state index is 4.19. The minimum Gasteiger partial charge on any atom is -0.314 e. The SMILES string of the molecule is CCNC(CCc1cnccc1C)C(C)C. The van der Waals surface area contributed by atoms with Crippen LogP contribution in [-0.2, 0) is 6.42 Å². The molecule has 1 heterocycles. The van der Waals surface area contributed by atoms with Gasteiger partial charge in [0.25, 0.3) is 0 Å². The van der Waals surface area contributed by atoms with Gasteiger partial charge in [0.05, 0.1) is 0 Å². The van der Waals surface area contributed by atoms with E-state index < -0.39 is 0 Å². The third kappa shape index (κ3) is 3.93. The Balaban J connectivity index is 2.52. The van der Waals surface area contributed by atoms with E-state index in [0.717, 1.165) is 13.0 Å². The van der Waals surface area contributed by atoms with Crippen LogP contribution in [0, 0.1) is 12.8 Å². The fourth-order valence-corrected chi connectivity index (χ4v) is 2.00. The summed E-state index contributed by atoms with van der Waals surface area (Å²) in [5, 5.41) is 3.55. The summed E-state index contributed by atoms with van der Waals surface area (Å²) in [7, 11) is 0. The van der Waals surface area contributed by atoms with E-state index >= 15 is 0 Å². The molecule has 1 rings (SSSR count). The van der Waals surface area contributed by atoms with Gasteiger partial charge in [0, 0.05) is 18.4 Å². The number of pyridine rings is 1. The molecule has 0 aliphatic carbocycles. The van der Waals surface area contributed by atoms with Crippen LogP contribution < -0.4 is 5.32 Å². The monoisotopic (exact) mass is 220 g/mol. The smallest absolute Gasteiger partial charge is 0.0302 e. The van der Waals surface area contributed by atoms with Crippen molar-refractivity contribution in [3.63, 3.8) is 0 Å². The van der Waals surface area contributed by atoms with E-state index in [4.69, 9.17) is 0 Å². The number of aryl methyl sites for hydroxylation is 2. The van der Waals surface area contributed by atoms with Crippen LogP contribution in [0.3, 0.4) is 0 Å². The highest BCUT2D eigenvalue weighted by Gasteiger charge is 2.12. The number of aromatic nitrogens is 1. The summed E-state index contributed by atoms with van der Waals surface area (Å²) in [5.74, 6) is 0.692. The molecule has 0 saturated heterocycles. The van der Waals surface area contributed by atoms with Gasteiger partial charge >= 0.3 is 0 Å². The van der Waals surface area contributed by atoms with E-state index in [9.17, 15) is 0 Å². The molecule has 16 heavy (non-hydrogen) atoms. The molecular formula is C14H24N2. The Labute approximate surface area is 99.5 Å². The molecule has 0 spiro atoms. The van der Waals surface area contributed by atoms with E-state index in [0.29, 0.717) is 12.0 Å². The van der Waals surface area contributed by atoms with Gasteiger partial charge in [-0.1, -0.05) is 20.8 Å². The molecule has 0 saturated carbocycles. The van der Waals surface area contributed by atoms with Crippen molar-refractivity contribution in [3.8, 4) is 0 Å². The Morgan fingerprint density at radius 3 is 2.69 bits per heavy atom. The molecule has 0 aromatic carbocycles. The highest BCUT2D eigenvalue weighted by molar-refractivity contribution is 5.21. The van der Waals surface area contributed by atoms with Crippen molar-refractivity contribution >= 4 is 0 Å². The second-order valence-electron chi connectivity index (χ2n) is 4.75. The first kappa shape index (κ1) is 13.2. The van der Waals surface area contributed by atoms with E-state index in [1.54, 1.807) is 0 Å². The van der Waals surface area contributed by atoms with Gasteiger partial charge in [-0.3, -0.25) is 4.98 Å². The van der Waals surface area contributed by atoms with Crippen LogP contribution in [0.2, 0.25) is 0 Å². The molecule has 1 aromatic rings. The second-order valence-corrected chi connectivity index (χ2v) is 4.75. The first-order chi connectivity index (χ1) is 7.65. The summed E-state index contributed by atoms with van der Waals surface area (Å²) < 4.78 is 0. The zero-order chi connectivity index (χ0) is 12.0. The number of hydrogen-bond donors (Lipinski definition) is 1. The van der Waals surface area contributed by atoms with Crippen LogP contribution in [0.25, 0.3) is 0 Å². The van der Waals surface area contributed by atoms with Crippen LogP contribution in [0.5, 0.6) is 0 Å². The number of nitrogens with zero attached hydrogens (tertiary/aromatic N) is 1. The van der Waals surface area contributed by atoms with Crippen molar-refractivity contribution in [1.82, 2.24) is 10.3 Å². The van der Waals surface area contributed by atoms with E-state index in [1.165, 1.54) is 17.5 Å². The highest BCUT2D eigenvalue weighted by atomic mass is 14.9. The van der Waals surface area contributed by atoms with E-state index in [-0.39, 0.29) is 0 Å². The second kappa shape index (κ2) is 6.64. The molecule has 2 heteroatoms. The molecule has 0 bridgehead atoms. The first-order valence-electron chi connectivity index (χ1n) is 6.28. The third-order valence-electron chi connectivity index (χ3n) is 3.14. The van der Waals surface area contributed by atoms with Gasteiger partial charge in [0.15, 0.2) is 0 Å². The molecule has 1 aromatic heterocycles. The summed E-state index contributed by atoms with van der Waals surface area (Å²) in [6.45, 7) is 9.95. The van der Waals surface area contributed by atoms with Crippen molar-refractivity contribution in [2.75, 3.05) is 6.54 Å². The summed E-state index contributed by atoms with van der Waals surface area (Å²) >= 11 is 0. The molecule has 0 radical (unpaired) electrons. The molecule has 1 unspecified atom stereocenters. The van der Waals surface area contributed by atoms with Gasteiger partial charge in [0.1, 0.15) is 0 Å². The standard InChI is InChI=1S/C14H24N2/c1-5-16-14(11(2)3)7-6-13-10-15-9-8-12(13)4/h8-11,14,16H,5-7H2,1-4H3. The van der Waals surface area contributed by atoms with E-state index in [2.05, 4.69) is 44.1 Å². The largest absolute Gasteiger partial charge is 0.314 e. The van der Waals surface area contributed by atoms with Crippen LogP contribution >= 0.6 is 0 Å². The van der Waals surface area contributed by atoms with Crippen molar-refractivity contribution in [3.05, 3.63) is 29.6 Å². The fraction of sp³-hybridized carbons (Fsp3) is 0.643. The quantitative estimate of drug-likeness (QED) is 0.797. The Morgan fingerprint density at radius 1 is 1.38 bits per heavy atom. The number of rotatable bonds is 6. The molecule has 0 aliphatic heterocycles. The molecule has 90 valence electrons. The number of nitrogens with one attached hydrogen (secondary N) is 1. The summed E-state index contributed by atoms with van der Waals surface area (Å²) in [5.41, 5.74) is 2.74. The Bertz CT molecular complexity index is 307. The lowest BCUT2D eigenvalue weighted by Crippen LogP contribution is -2.34. The van der Waals surface area contributed by atoms with Crippen LogP contribution in [0.4, 0.5) is 0 Å². The predicted octanol–water partition coefficient (Wildman–Crippen LogP) is 2.96. The average molecular weight is 220 g/mol. The van der Waals surface area contributed by atoms with Crippen molar-refractivity contribution < 1.29 is 0 Å². The first-order valence-corrected chi connectivity index (χ1v) is 6.28. The van der Waals surface area contributed by atoms with Crippen LogP contribution in [0.1, 0.15) is 38.3 Å². The lowest BCUT2D eigenvalue weighted by atomic mass is 9.96. The average Bonchev–Trinajstić information content (AvgIpc) is 2.26. The van der Waals surface area contributed by atoms with E-state index in [1.807, 2.05) is 12.4 Å². The van der Waals surface area contributed by atoms with Crippen LogP contribution in [-0.4, -0.2) is 17.6 Å². The Morgan fingerprint density at radius 2 is 2.12 bits per heavy atom. The molecule has 1 N–H and O–H groups in total. The lowest BCUT2D eigenvalue weighted by molar-refractivity contribution is 0.385. The van der Waals surface area contributed by atoms with Gasteiger partial charge in [-0.15, -0.1) is 0 Å². The predicted molar refractivity (Wildman–Crippen MR) is 69.6 cm³/mol. The Hall–Kier alpha value is -0.890. The van der Waals surface area contributed by atoms with Crippen molar-refractivity contribution in [2.24, 2.45) is 5.92 Å². The van der Waals surface area contributed by atoms with Gasteiger partial charge in [-0.25, -0.2) is 0 Å². The van der Waals surface area contributed by atoms with Gasteiger partial charge < -0.3 is 5.32 Å².